The fourth-order valence-electron chi connectivity index (χ4n) is 2.29. The van der Waals surface area contributed by atoms with Crippen molar-refractivity contribution >= 4 is 11.8 Å². The zero-order chi connectivity index (χ0) is 11.4. The zero-order valence-electron chi connectivity index (χ0n) is 9.63. The molecule has 0 aliphatic heterocycles. The molecule has 0 amide bonds. The van der Waals surface area contributed by atoms with Crippen molar-refractivity contribution in [3.05, 3.63) is 35.1 Å². The first kappa shape index (κ1) is 11.9. The molecule has 1 nitrogen and oxygen atoms in total. The monoisotopic (exact) mass is 239 g/mol. The van der Waals surface area contributed by atoms with Gasteiger partial charge in [0.05, 0.1) is 0 Å². The van der Waals surface area contributed by atoms with Gasteiger partial charge in [0.2, 0.25) is 0 Å². The van der Waals surface area contributed by atoms with E-state index in [1.807, 2.05) is 17.8 Å². The van der Waals surface area contributed by atoms with E-state index in [-0.39, 0.29) is 5.82 Å². The minimum absolute atomic E-state index is 0.109. The Labute approximate surface area is 101 Å². The lowest BCUT2D eigenvalue weighted by atomic mass is 10.1. The van der Waals surface area contributed by atoms with E-state index >= 15 is 0 Å². The Kier molecular flexibility index (Phi) is 4.24. The molecule has 0 saturated carbocycles. The number of thioether (sulfide) groups is 1. The van der Waals surface area contributed by atoms with Gasteiger partial charge in [-0.15, -0.1) is 0 Å². The van der Waals surface area contributed by atoms with Crippen molar-refractivity contribution in [1.29, 1.82) is 0 Å². The van der Waals surface area contributed by atoms with Crippen LogP contribution in [0.4, 0.5) is 4.39 Å². The molecule has 0 fully saturated rings. The fraction of sp³-hybridized carbons (Fsp3) is 0.538. The van der Waals surface area contributed by atoms with E-state index < -0.39 is 0 Å². The van der Waals surface area contributed by atoms with Crippen LogP contribution < -0.4 is 5.32 Å². The van der Waals surface area contributed by atoms with Crippen LogP contribution in [0.5, 0.6) is 0 Å². The first-order valence-electron chi connectivity index (χ1n) is 5.82. The summed E-state index contributed by atoms with van der Waals surface area (Å²) < 4.78 is 13.0. The Balaban J connectivity index is 1.91. The van der Waals surface area contributed by atoms with E-state index in [1.54, 1.807) is 12.1 Å². The molecule has 0 aromatic heterocycles. The van der Waals surface area contributed by atoms with E-state index in [4.69, 9.17) is 0 Å². The molecule has 0 radical (unpaired) electrons. The third kappa shape index (κ3) is 2.77. The molecule has 16 heavy (non-hydrogen) atoms. The number of benzene rings is 1. The summed E-state index contributed by atoms with van der Waals surface area (Å²) in [5, 5.41) is 3.56. The first-order valence-corrected chi connectivity index (χ1v) is 7.21. The van der Waals surface area contributed by atoms with Crippen LogP contribution in [0, 0.1) is 5.82 Å². The van der Waals surface area contributed by atoms with Gasteiger partial charge < -0.3 is 5.32 Å². The summed E-state index contributed by atoms with van der Waals surface area (Å²) in [5.74, 6) is 1.09. The van der Waals surface area contributed by atoms with Gasteiger partial charge in [0.1, 0.15) is 5.82 Å². The molecular weight excluding hydrogens is 221 g/mol. The summed E-state index contributed by atoms with van der Waals surface area (Å²) in [6, 6.07) is 5.63. The van der Waals surface area contributed by atoms with Crippen LogP contribution in [0.3, 0.4) is 0 Å². The number of halogens is 1. The van der Waals surface area contributed by atoms with Gasteiger partial charge in [0.25, 0.3) is 0 Å². The standard InChI is InChI=1S/C13H18FNS/c1-16-8-2-7-15-13-6-3-10-9-11(14)4-5-12(10)13/h4-5,9,13,15H,2-3,6-8H2,1H3. The number of nitrogens with one attached hydrogen (secondary N) is 1. The SMILES string of the molecule is CSCCCNC1CCc2cc(F)ccc21. The maximum absolute atomic E-state index is 13.0. The molecule has 1 aromatic rings. The Morgan fingerprint density at radius 1 is 1.50 bits per heavy atom. The zero-order valence-corrected chi connectivity index (χ0v) is 10.4. The highest BCUT2D eigenvalue weighted by molar-refractivity contribution is 7.98. The minimum Gasteiger partial charge on any atom is -0.310 e. The maximum Gasteiger partial charge on any atom is 0.123 e. The van der Waals surface area contributed by atoms with Crippen molar-refractivity contribution in [3.8, 4) is 0 Å². The molecular formula is C13H18FNS. The Bertz CT molecular complexity index is 354. The molecule has 0 saturated heterocycles. The summed E-state index contributed by atoms with van der Waals surface area (Å²) in [5.41, 5.74) is 2.48. The molecule has 0 spiro atoms. The Hall–Kier alpha value is -0.540. The molecule has 1 aliphatic carbocycles. The van der Waals surface area contributed by atoms with Crippen molar-refractivity contribution in [2.75, 3.05) is 18.6 Å². The second kappa shape index (κ2) is 5.69. The highest BCUT2D eigenvalue weighted by atomic mass is 32.2. The van der Waals surface area contributed by atoms with E-state index in [1.165, 1.54) is 23.3 Å². The summed E-state index contributed by atoms with van der Waals surface area (Å²) in [7, 11) is 0. The van der Waals surface area contributed by atoms with Crippen LogP contribution >= 0.6 is 11.8 Å². The van der Waals surface area contributed by atoms with Crippen molar-refractivity contribution in [3.63, 3.8) is 0 Å². The van der Waals surface area contributed by atoms with Gasteiger partial charge >= 0.3 is 0 Å². The smallest absolute Gasteiger partial charge is 0.123 e. The van der Waals surface area contributed by atoms with Gasteiger partial charge in [-0.1, -0.05) is 6.07 Å². The molecule has 1 aliphatic rings. The van der Waals surface area contributed by atoms with Gasteiger partial charge in [-0.3, -0.25) is 0 Å². The maximum atomic E-state index is 13.0. The summed E-state index contributed by atoms with van der Waals surface area (Å²) in [6.45, 7) is 1.06. The van der Waals surface area contributed by atoms with Crippen LogP contribution in [0.1, 0.15) is 30.0 Å². The van der Waals surface area contributed by atoms with Gasteiger partial charge in [-0.05, 0) is 61.1 Å². The average Bonchev–Trinajstić information content (AvgIpc) is 2.67. The molecule has 1 atom stereocenters. The second-order valence-electron chi connectivity index (χ2n) is 4.23. The van der Waals surface area contributed by atoms with Crippen molar-refractivity contribution in [2.45, 2.75) is 25.3 Å². The van der Waals surface area contributed by atoms with Crippen LogP contribution in [-0.4, -0.2) is 18.6 Å². The molecule has 1 aromatic carbocycles. The Morgan fingerprint density at radius 2 is 2.38 bits per heavy atom. The number of hydrogen-bond acceptors (Lipinski definition) is 2. The highest BCUT2D eigenvalue weighted by Gasteiger charge is 2.21. The summed E-state index contributed by atoms with van der Waals surface area (Å²) in [6.07, 6.45) is 5.45. The Morgan fingerprint density at radius 3 is 3.19 bits per heavy atom. The third-order valence-corrected chi connectivity index (χ3v) is 3.80. The molecule has 88 valence electrons. The molecule has 1 N–H and O–H groups in total. The quantitative estimate of drug-likeness (QED) is 0.792. The number of fused-ring (bicyclic) bond motifs is 1. The third-order valence-electron chi connectivity index (χ3n) is 3.10. The fourth-order valence-corrected chi connectivity index (χ4v) is 2.72. The van der Waals surface area contributed by atoms with Gasteiger partial charge in [-0.25, -0.2) is 4.39 Å². The van der Waals surface area contributed by atoms with E-state index in [0.717, 1.165) is 19.4 Å². The molecule has 0 bridgehead atoms. The molecule has 1 unspecified atom stereocenters. The lowest BCUT2D eigenvalue weighted by Gasteiger charge is -2.13. The highest BCUT2D eigenvalue weighted by Crippen LogP contribution is 2.31. The molecule has 0 heterocycles. The average molecular weight is 239 g/mol. The van der Waals surface area contributed by atoms with Crippen molar-refractivity contribution in [2.24, 2.45) is 0 Å². The number of rotatable bonds is 5. The lowest BCUT2D eigenvalue weighted by molar-refractivity contribution is 0.530. The van der Waals surface area contributed by atoms with Crippen LogP contribution in [0.25, 0.3) is 0 Å². The van der Waals surface area contributed by atoms with Gasteiger partial charge in [0, 0.05) is 6.04 Å². The molecule has 2 rings (SSSR count). The predicted molar refractivity (Wildman–Crippen MR) is 68.5 cm³/mol. The number of hydrogen-bond donors (Lipinski definition) is 1. The normalized spacial score (nSPS) is 18.8. The number of aryl methyl sites for hydroxylation is 1. The van der Waals surface area contributed by atoms with E-state index in [0.29, 0.717) is 6.04 Å². The van der Waals surface area contributed by atoms with Gasteiger partial charge in [0.15, 0.2) is 0 Å². The van der Waals surface area contributed by atoms with Crippen LogP contribution in [0.2, 0.25) is 0 Å². The molecule has 3 heteroatoms. The topological polar surface area (TPSA) is 12.0 Å². The van der Waals surface area contributed by atoms with Crippen LogP contribution in [-0.2, 0) is 6.42 Å². The van der Waals surface area contributed by atoms with Crippen LogP contribution in [0.15, 0.2) is 18.2 Å². The summed E-state index contributed by atoms with van der Waals surface area (Å²) in [4.78, 5) is 0. The lowest BCUT2D eigenvalue weighted by Crippen LogP contribution is -2.20. The van der Waals surface area contributed by atoms with E-state index in [9.17, 15) is 4.39 Å². The van der Waals surface area contributed by atoms with Crippen molar-refractivity contribution in [1.82, 2.24) is 5.32 Å². The summed E-state index contributed by atoms with van der Waals surface area (Å²) >= 11 is 1.88. The second-order valence-corrected chi connectivity index (χ2v) is 5.22. The predicted octanol–water partition coefficient (Wildman–Crippen LogP) is 3.16. The largest absolute Gasteiger partial charge is 0.310 e. The van der Waals surface area contributed by atoms with E-state index in [2.05, 4.69) is 11.6 Å². The minimum atomic E-state index is -0.109. The first-order chi connectivity index (χ1) is 7.81. The van der Waals surface area contributed by atoms with Gasteiger partial charge in [-0.2, -0.15) is 11.8 Å². The van der Waals surface area contributed by atoms with Crippen molar-refractivity contribution < 1.29 is 4.39 Å².